The minimum absolute atomic E-state index is 0.0411. The first kappa shape index (κ1) is 22.0. The van der Waals surface area contributed by atoms with Gasteiger partial charge in [0.1, 0.15) is 11.5 Å². The van der Waals surface area contributed by atoms with Crippen LogP contribution in [0.4, 0.5) is 0 Å². The van der Waals surface area contributed by atoms with Crippen LogP contribution in [0.25, 0.3) is 23.0 Å². The Morgan fingerprint density at radius 1 is 1.16 bits per heavy atom. The van der Waals surface area contributed by atoms with Gasteiger partial charge in [-0.3, -0.25) is 4.79 Å². The molecule has 7 nitrogen and oxygen atoms in total. The zero-order chi connectivity index (χ0) is 22.3. The smallest absolute Gasteiger partial charge is 0.293 e. The standard InChI is InChI=1S/C23H20ClN3O4S/c1-29-18-7-5-15(6-8-18)12-25-21(28)14-32-13-19-9-10-20(30-19)23-26-22(27-31-23)16-3-2-4-17(24)11-16/h2-11H,12-14H2,1H3,(H,25,28). The Balaban J connectivity index is 1.25. The van der Waals surface area contributed by atoms with Crippen molar-refractivity contribution in [2.45, 2.75) is 12.3 Å². The van der Waals surface area contributed by atoms with Crippen LogP contribution in [0.15, 0.2) is 69.6 Å². The van der Waals surface area contributed by atoms with E-state index < -0.39 is 0 Å². The summed E-state index contributed by atoms with van der Waals surface area (Å²) in [4.78, 5) is 16.5. The molecule has 0 aliphatic rings. The number of thioether (sulfide) groups is 1. The summed E-state index contributed by atoms with van der Waals surface area (Å²) in [5.41, 5.74) is 1.77. The zero-order valence-corrected chi connectivity index (χ0v) is 18.8. The number of hydrogen-bond acceptors (Lipinski definition) is 7. The monoisotopic (exact) mass is 469 g/mol. The second kappa shape index (κ2) is 10.4. The summed E-state index contributed by atoms with van der Waals surface area (Å²) in [7, 11) is 1.62. The molecule has 0 fully saturated rings. The van der Waals surface area contributed by atoms with Gasteiger partial charge < -0.3 is 19.0 Å². The molecule has 0 bridgehead atoms. The van der Waals surface area contributed by atoms with Gasteiger partial charge in [-0.15, -0.1) is 11.8 Å². The van der Waals surface area contributed by atoms with E-state index in [1.807, 2.05) is 42.5 Å². The topological polar surface area (TPSA) is 90.4 Å². The normalized spacial score (nSPS) is 10.8. The zero-order valence-electron chi connectivity index (χ0n) is 17.2. The molecule has 164 valence electrons. The lowest BCUT2D eigenvalue weighted by molar-refractivity contribution is -0.118. The van der Waals surface area contributed by atoms with E-state index in [1.54, 1.807) is 25.3 Å². The average Bonchev–Trinajstić information content (AvgIpc) is 3.48. The second-order valence-electron chi connectivity index (χ2n) is 6.82. The first-order valence-electron chi connectivity index (χ1n) is 9.77. The summed E-state index contributed by atoms with van der Waals surface area (Å²) in [5.74, 6) is 3.53. The summed E-state index contributed by atoms with van der Waals surface area (Å²) < 4.78 is 16.2. The number of carbonyl (C=O) groups excluding carboxylic acids is 1. The Bertz CT molecular complexity index is 1190. The van der Waals surface area contributed by atoms with E-state index in [9.17, 15) is 4.79 Å². The molecule has 0 unspecified atom stereocenters. The number of halogens is 1. The molecule has 0 saturated carbocycles. The van der Waals surface area contributed by atoms with Gasteiger partial charge in [-0.25, -0.2) is 0 Å². The molecule has 4 rings (SSSR count). The number of furan rings is 1. The molecule has 4 aromatic rings. The van der Waals surface area contributed by atoms with Crippen LogP contribution in [0.5, 0.6) is 5.75 Å². The molecule has 32 heavy (non-hydrogen) atoms. The van der Waals surface area contributed by atoms with Crippen LogP contribution in [-0.2, 0) is 17.1 Å². The minimum atomic E-state index is -0.0411. The molecule has 0 saturated heterocycles. The highest BCUT2D eigenvalue weighted by atomic mass is 35.5. The summed E-state index contributed by atoms with van der Waals surface area (Å²) in [5, 5.41) is 7.48. The van der Waals surface area contributed by atoms with Crippen molar-refractivity contribution in [3.05, 3.63) is 77.0 Å². The number of nitrogens with zero attached hydrogens (tertiary/aromatic N) is 2. The molecule has 1 amide bonds. The summed E-state index contributed by atoms with van der Waals surface area (Å²) in [6.07, 6.45) is 0. The van der Waals surface area contributed by atoms with Gasteiger partial charge in [-0.2, -0.15) is 4.98 Å². The fourth-order valence-electron chi connectivity index (χ4n) is 2.88. The van der Waals surface area contributed by atoms with Gasteiger partial charge in [0.15, 0.2) is 5.76 Å². The van der Waals surface area contributed by atoms with Crippen LogP contribution in [0, 0.1) is 0 Å². The van der Waals surface area contributed by atoms with Gasteiger partial charge in [-0.1, -0.05) is 41.0 Å². The Labute approximate surface area is 194 Å². The molecular weight excluding hydrogens is 450 g/mol. The molecule has 9 heteroatoms. The van der Waals surface area contributed by atoms with Crippen molar-refractivity contribution in [2.75, 3.05) is 12.9 Å². The number of carbonyl (C=O) groups is 1. The van der Waals surface area contributed by atoms with Crippen LogP contribution in [0.2, 0.25) is 5.02 Å². The summed E-state index contributed by atoms with van der Waals surface area (Å²) >= 11 is 7.48. The van der Waals surface area contributed by atoms with Gasteiger partial charge >= 0.3 is 0 Å². The van der Waals surface area contributed by atoms with Crippen LogP contribution in [0.3, 0.4) is 0 Å². The Hall–Kier alpha value is -3.23. The van der Waals surface area contributed by atoms with Crippen LogP contribution in [-0.4, -0.2) is 28.9 Å². The molecular formula is C23H20ClN3O4S. The van der Waals surface area contributed by atoms with Gasteiger partial charge in [-0.05, 0) is 42.0 Å². The third kappa shape index (κ3) is 5.72. The van der Waals surface area contributed by atoms with Gasteiger partial charge in [0.2, 0.25) is 11.7 Å². The van der Waals surface area contributed by atoms with Crippen molar-refractivity contribution >= 4 is 29.3 Å². The van der Waals surface area contributed by atoms with Crippen molar-refractivity contribution in [2.24, 2.45) is 0 Å². The molecule has 0 aliphatic carbocycles. The van der Waals surface area contributed by atoms with E-state index in [1.165, 1.54) is 11.8 Å². The molecule has 2 aromatic carbocycles. The van der Waals surface area contributed by atoms with E-state index in [4.69, 9.17) is 25.3 Å². The lowest BCUT2D eigenvalue weighted by atomic mass is 10.2. The van der Waals surface area contributed by atoms with Gasteiger partial charge in [0.05, 0.1) is 18.6 Å². The maximum atomic E-state index is 12.1. The van der Waals surface area contributed by atoms with E-state index >= 15 is 0 Å². The number of ether oxygens (including phenoxy) is 1. The first-order valence-corrected chi connectivity index (χ1v) is 11.3. The van der Waals surface area contributed by atoms with Crippen molar-refractivity contribution in [1.29, 1.82) is 0 Å². The first-order chi connectivity index (χ1) is 15.6. The molecule has 0 spiro atoms. The molecule has 0 radical (unpaired) electrons. The highest BCUT2D eigenvalue weighted by molar-refractivity contribution is 7.99. The molecule has 0 atom stereocenters. The van der Waals surface area contributed by atoms with Crippen molar-refractivity contribution in [3.8, 4) is 28.8 Å². The van der Waals surface area contributed by atoms with Crippen LogP contribution >= 0.6 is 23.4 Å². The van der Waals surface area contributed by atoms with E-state index in [-0.39, 0.29) is 11.8 Å². The lowest BCUT2D eigenvalue weighted by Crippen LogP contribution is -2.24. The summed E-state index contributed by atoms with van der Waals surface area (Å²) in [6.45, 7) is 0.473. The fraction of sp³-hybridized carbons (Fsp3) is 0.174. The van der Waals surface area contributed by atoms with Gasteiger partial charge in [0.25, 0.3) is 5.89 Å². The number of amides is 1. The Kier molecular flexibility index (Phi) is 7.14. The largest absolute Gasteiger partial charge is 0.497 e. The average molecular weight is 470 g/mol. The SMILES string of the molecule is COc1ccc(CNC(=O)CSCc2ccc(-c3nc(-c4cccc(Cl)c4)no3)o2)cc1. The van der Waals surface area contributed by atoms with Gasteiger partial charge in [0, 0.05) is 17.1 Å². The van der Waals surface area contributed by atoms with Crippen molar-refractivity contribution < 1.29 is 18.5 Å². The highest BCUT2D eigenvalue weighted by Gasteiger charge is 2.15. The maximum absolute atomic E-state index is 12.1. The number of nitrogens with one attached hydrogen (secondary N) is 1. The minimum Gasteiger partial charge on any atom is -0.497 e. The number of methoxy groups -OCH3 is 1. The van der Waals surface area contributed by atoms with Crippen molar-refractivity contribution in [1.82, 2.24) is 15.5 Å². The Morgan fingerprint density at radius 3 is 2.78 bits per heavy atom. The number of aromatic nitrogens is 2. The van der Waals surface area contributed by atoms with Crippen LogP contribution < -0.4 is 10.1 Å². The number of benzene rings is 2. The molecule has 1 N–H and O–H groups in total. The second-order valence-corrected chi connectivity index (χ2v) is 8.24. The maximum Gasteiger partial charge on any atom is 0.293 e. The van der Waals surface area contributed by atoms with E-state index in [0.29, 0.717) is 34.7 Å². The predicted octanol–water partition coefficient (Wildman–Crippen LogP) is 5.21. The van der Waals surface area contributed by atoms with Crippen molar-refractivity contribution in [3.63, 3.8) is 0 Å². The number of rotatable bonds is 9. The third-order valence-corrected chi connectivity index (χ3v) is 5.70. The fourth-order valence-corrected chi connectivity index (χ4v) is 3.81. The third-order valence-electron chi connectivity index (χ3n) is 4.51. The van der Waals surface area contributed by atoms with Crippen LogP contribution in [0.1, 0.15) is 11.3 Å². The Morgan fingerprint density at radius 2 is 2.00 bits per heavy atom. The predicted molar refractivity (Wildman–Crippen MR) is 123 cm³/mol. The lowest BCUT2D eigenvalue weighted by Gasteiger charge is -2.06. The molecule has 2 aromatic heterocycles. The summed E-state index contributed by atoms with van der Waals surface area (Å²) in [6, 6.07) is 18.4. The number of hydrogen-bond donors (Lipinski definition) is 1. The quantitative estimate of drug-likeness (QED) is 0.360. The molecule has 0 aliphatic heterocycles. The van der Waals surface area contributed by atoms with E-state index in [2.05, 4.69) is 15.5 Å². The van der Waals surface area contributed by atoms with E-state index in [0.717, 1.165) is 22.6 Å². The highest BCUT2D eigenvalue weighted by Crippen LogP contribution is 2.26. The molecule has 2 heterocycles.